The molecule has 0 spiro atoms. The van der Waals surface area contributed by atoms with E-state index in [-0.39, 0.29) is 17.9 Å². The summed E-state index contributed by atoms with van der Waals surface area (Å²) in [6.07, 6.45) is 2.86. The van der Waals surface area contributed by atoms with Crippen LogP contribution in [0.4, 0.5) is 0 Å². The highest BCUT2D eigenvalue weighted by molar-refractivity contribution is 6.35. The third kappa shape index (κ3) is 4.14. The summed E-state index contributed by atoms with van der Waals surface area (Å²) >= 11 is 12.1. The Morgan fingerprint density at radius 3 is 2.88 bits per heavy atom. The van der Waals surface area contributed by atoms with Gasteiger partial charge in [-0.3, -0.25) is 9.79 Å². The first-order valence-electron chi connectivity index (χ1n) is 8.25. The fraction of sp³-hybridized carbons (Fsp3) is 0.529. The van der Waals surface area contributed by atoms with E-state index in [0.29, 0.717) is 35.0 Å². The number of guanidine groups is 1. The molecule has 1 aromatic rings. The van der Waals surface area contributed by atoms with E-state index in [1.807, 2.05) is 17.9 Å². The summed E-state index contributed by atoms with van der Waals surface area (Å²) in [6.45, 7) is 3.33. The molecule has 2 atom stereocenters. The van der Waals surface area contributed by atoms with E-state index in [4.69, 9.17) is 28.9 Å². The second-order valence-electron chi connectivity index (χ2n) is 6.61. The SMILES string of the molecule is CC(NC(N)=NCC1CC(=O)N(C2CC2)C1)c1ccc(Cl)cc1Cl. The smallest absolute Gasteiger partial charge is 0.223 e. The van der Waals surface area contributed by atoms with Crippen molar-refractivity contribution in [3.8, 4) is 0 Å². The Labute approximate surface area is 152 Å². The Bertz CT molecular complexity index is 660. The Morgan fingerprint density at radius 2 is 2.21 bits per heavy atom. The summed E-state index contributed by atoms with van der Waals surface area (Å²) in [5.41, 5.74) is 6.89. The van der Waals surface area contributed by atoms with Crippen LogP contribution in [0.25, 0.3) is 0 Å². The quantitative estimate of drug-likeness (QED) is 0.619. The van der Waals surface area contributed by atoms with Gasteiger partial charge in [-0.05, 0) is 37.5 Å². The molecule has 0 aromatic heterocycles. The summed E-state index contributed by atoms with van der Waals surface area (Å²) in [5, 5.41) is 4.33. The molecule has 2 unspecified atom stereocenters. The number of nitrogens with one attached hydrogen (secondary N) is 1. The Balaban J connectivity index is 1.53. The second-order valence-corrected chi connectivity index (χ2v) is 7.45. The van der Waals surface area contributed by atoms with Gasteiger partial charge in [0.25, 0.3) is 0 Å². The number of carbonyl (C=O) groups is 1. The molecular weight excluding hydrogens is 347 g/mol. The lowest BCUT2D eigenvalue weighted by Crippen LogP contribution is -2.34. The van der Waals surface area contributed by atoms with Crippen molar-refractivity contribution >= 4 is 35.1 Å². The fourth-order valence-corrected chi connectivity index (χ4v) is 3.67. The molecule has 7 heteroatoms. The average Bonchev–Trinajstić information content (AvgIpc) is 3.28. The van der Waals surface area contributed by atoms with E-state index in [1.165, 1.54) is 0 Å². The van der Waals surface area contributed by atoms with Gasteiger partial charge in [0, 0.05) is 41.5 Å². The summed E-state index contributed by atoms with van der Waals surface area (Å²) < 4.78 is 0. The lowest BCUT2D eigenvalue weighted by molar-refractivity contribution is -0.128. The van der Waals surface area contributed by atoms with Gasteiger partial charge < -0.3 is 16.0 Å². The molecule has 1 heterocycles. The Morgan fingerprint density at radius 1 is 1.46 bits per heavy atom. The Kier molecular flexibility index (Phi) is 5.21. The van der Waals surface area contributed by atoms with Crippen molar-refractivity contribution in [3.05, 3.63) is 33.8 Å². The molecular formula is C17H22Cl2N4O. The van der Waals surface area contributed by atoms with E-state index in [9.17, 15) is 4.79 Å². The molecule has 1 saturated carbocycles. The molecule has 0 radical (unpaired) electrons. The Hall–Kier alpha value is -1.46. The number of benzene rings is 1. The average molecular weight is 369 g/mol. The number of halogens is 2. The minimum absolute atomic E-state index is 0.0771. The number of carbonyl (C=O) groups excluding carboxylic acids is 1. The van der Waals surface area contributed by atoms with Crippen LogP contribution in [0.2, 0.25) is 10.0 Å². The number of aliphatic imine (C=N–C) groups is 1. The number of amides is 1. The van der Waals surface area contributed by atoms with Crippen molar-refractivity contribution in [3.63, 3.8) is 0 Å². The molecule has 1 amide bonds. The summed E-state index contributed by atoms with van der Waals surface area (Å²) in [7, 11) is 0. The first-order valence-corrected chi connectivity index (χ1v) is 9.00. The van der Waals surface area contributed by atoms with E-state index >= 15 is 0 Å². The van der Waals surface area contributed by atoms with Crippen molar-refractivity contribution in [1.29, 1.82) is 0 Å². The van der Waals surface area contributed by atoms with Crippen LogP contribution in [0, 0.1) is 5.92 Å². The standard InChI is InChI=1S/C17H22Cl2N4O/c1-10(14-5-2-12(18)7-15(14)19)22-17(20)21-8-11-6-16(24)23(9-11)13-3-4-13/h2,5,7,10-11,13H,3-4,6,8-9H2,1H3,(H3,20,21,22). The molecule has 130 valence electrons. The van der Waals surface area contributed by atoms with Gasteiger partial charge in [0.2, 0.25) is 5.91 Å². The van der Waals surface area contributed by atoms with Crippen molar-refractivity contribution in [2.75, 3.05) is 13.1 Å². The third-order valence-electron chi connectivity index (χ3n) is 4.54. The van der Waals surface area contributed by atoms with Gasteiger partial charge in [0.05, 0.1) is 6.04 Å². The molecule has 5 nitrogen and oxygen atoms in total. The zero-order chi connectivity index (χ0) is 17.3. The highest BCUT2D eigenvalue weighted by Gasteiger charge is 2.39. The maximum absolute atomic E-state index is 11.9. The summed E-state index contributed by atoms with van der Waals surface area (Å²) in [4.78, 5) is 18.3. The summed E-state index contributed by atoms with van der Waals surface area (Å²) in [6, 6.07) is 5.78. The molecule has 3 N–H and O–H groups in total. The maximum Gasteiger partial charge on any atom is 0.223 e. The minimum Gasteiger partial charge on any atom is -0.370 e. The van der Waals surface area contributed by atoms with Gasteiger partial charge >= 0.3 is 0 Å². The van der Waals surface area contributed by atoms with Crippen molar-refractivity contribution in [2.24, 2.45) is 16.6 Å². The van der Waals surface area contributed by atoms with Gasteiger partial charge in [-0.25, -0.2) is 0 Å². The van der Waals surface area contributed by atoms with E-state index in [0.717, 1.165) is 24.9 Å². The number of hydrogen-bond donors (Lipinski definition) is 2. The van der Waals surface area contributed by atoms with Crippen molar-refractivity contribution < 1.29 is 4.79 Å². The lowest BCUT2D eigenvalue weighted by atomic mass is 10.1. The second kappa shape index (κ2) is 7.19. The number of likely N-dealkylation sites (tertiary alicyclic amines) is 1. The van der Waals surface area contributed by atoms with Crippen molar-refractivity contribution in [2.45, 2.75) is 38.3 Å². The monoisotopic (exact) mass is 368 g/mol. The summed E-state index contributed by atoms with van der Waals surface area (Å²) in [5.74, 6) is 0.879. The molecule has 0 bridgehead atoms. The zero-order valence-corrected chi connectivity index (χ0v) is 15.1. The first kappa shape index (κ1) is 17.4. The number of nitrogens with two attached hydrogens (primary N) is 1. The van der Waals surface area contributed by atoms with Crippen LogP contribution in [0.3, 0.4) is 0 Å². The van der Waals surface area contributed by atoms with Crippen LogP contribution >= 0.6 is 23.2 Å². The molecule has 1 saturated heterocycles. The highest BCUT2D eigenvalue weighted by atomic mass is 35.5. The number of rotatable bonds is 5. The highest BCUT2D eigenvalue weighted by Crippen LogP contribution is 2.32. The van der Waals surface area contributed by atoms with Crippen LogP contribution in [0.5, 0.6) is 0 Å². The minimum atomic E-state index is -0.0771. The predicted molar refractivity (Wildman–Crippen MR) is 97.3 cm³/mol. The lowest BCUT2D eigenvalue weighted by Gasteiger charge is -2.17. The van der Waals surface area contributed by atoms with Gasteiger partial charge in [-0.15, -0.1) is 0 Å². The van der Waals surface area contributed by atoms with Crippen LogP contribution < -0.4 is 11.1 Å². The van der Waals surface area contributed by atoms with Crippen LogP contribution in [0.1, 0.15) is 37.8 Å². The fourth-order valence-electron chi connectivity index (χ4n) is 3.10. The van der Waals surface area contributed by atoms with Gasteiger partial charge in [-0.1, -0.05) is 29.3 Å². The molecule has 2 fully saturated rings. The third-order valence-corrected chi connectivity index (χ3v) is 5.10. The number of hydrogen-bond acceptors (Lipinski definition) is 2. The van der Waals surface area contributed by atoms with Crippen LogP contribution in [-0.4, -0.2) is 35.9 Å². The van der Waals surface area contributed by atoms with E-state index in [2.05, 4.69) is 10.3 Å². The molecule has 1 aliphatic carbocycles. The van der Waals surface area contributed by atoms with Crippen LogP contribution in [0.15, 0.2) is 23.2 Å². The molecule has 24 heavy (non-hydrogen) atoms. The van der Waals surface area contributed by atoms with E-state index < -0.39 is 0 Å². The van der Waals surface area contributed by atoms with Crippen LogP contribution in [-0.2, 0) is 4.79 Å². The topological polar surface area (TPSA) is 70.7 Å². The largest absolute Gasteiger partial charge is 0.370 e. The maximum atomic E-state index is 11.9. The predicted octanol–water partition coefficient (Wildman–Crippen LogP) is 2.97. The normalized spacial score (nSPS) is 22.8. The first-order chi connectivity index (χ1) is 11.4. The van der Waals surface area contributed by atoms with Gasteiger partial charge in [-0.2, -0.15) is 0 Å². The van der Waals surface area contributed by atoms with Gasteiger partial charge in [0.15, 0.2) is 5.96 Å². The molecule has 1 aliphatic heterocycles. The van der Waals surface area contributed by atoms with Crippen molar-refractivity contribution in [1.82, 2.24) is 10.2 Å². The van der Waals surface area contributed by atoms with E-state index in [1.54, 1.807) is 12.1 Å². The van der Waals surface area contributed by atoms with Gasteiger partial charge in [0.1, 0.15) is 0 Å². The molecule has 1 aromatic carbocycles. The molecule has 3 rings (SSSR count). The molecule has 2 aliphatic rings. The zero-order valence-electron chi connectivity index (χ0n) is 13.6. The number of nitrogens with zero attached hydrogens (tertiary/aromatic N) is 2.